The van der Waals surface area contributed by atoms with Crippen molar-refractivity contribution in [3.63, 3.8) is 0 Å². The highest BCUT2D eigenvalue weighted by Crippen LogP contribution is 2.27. The molecule has 20 heavy (non-hydrogen) atoms. The van der Waals surface area contributed by atoms with Gasteiger partial charge < -0.3 is 10.6 Å². The van der Waals surface area contributed by atoms with Crippen molar-refractivity contribution in [2.75, 3.05) is 26.2 Å². The van der Waals surface area contributed by atoms with Gasteiger partial charge in [0, 0.05) is 49.7 Å². The summed E-state index contributed by atoms with van der Waals surface area (Å²) >= 11 is 3.52. The molecule has 1 heterocycles. The lowest BCUT2D eigenvalue weighted by molar-refractivity contribution is -0.130. The monoisotopic (exact) mass is 339 g/mol. The van der Waals surface area contributed by atoms with Crippen molar-refractivity contribution in [3.05, 3.63) is 34.3 Å². The van der Waals surface area contributed by atoms with E-state index in [0.717, 1.165) is 30.7 Å². The van der Waals surface area contributed by atoms with Gasteiger partial charge in [-0.1, -0.05) is 28.1 Å². The number of carbonyl (C=O) groups is 1. The highest BCUT2D eigenvalue weighted by molar-refractivity contribution is 9.10. The van der Waals surface area contributed by atoms with Crippen LogP contribution < -0.4 is 5.73 Å². The molecule has 1 aromatic rings. The van der Waals surface area contributed by atoms with E-state index in [0.29, 0.717) is 0 Å². The van der Waals surface area contributed by atoms with Crippen LogP contribution in [-0.4, -0.2) is 47.9 Å². The quantitative estimate of drug-likeness (QED) is 0.916. The highest BCUT2D eigenvalue weighted by Gasteiger charge is 2.28. The van der Waals surface area contributed by atoms with Gasteiger partial charge in [-0.05, 0) is 24.6 Å². The van der Waals surface area contributed by atoms with Gasteiger partial charge in [0.1, 0.15) is 0 Å². The maximum absolute atomic E-state index is 11.4. The number of hydrogen-bond donors (Lipinski definition) is 1. The van der Waals surface area contributed by atoms with E-state index in [4.69, 9.17) is 5.73 Å². The minimum Gasteiger partial charge on any atom is -0.340 e. The molecule has 4 nitrogen and oxygen atoms in total. The molecule has 2 unspecified atom stereocenters. The number of nitrogens with zero attached hydrogens (tertiary/aromatic N) is 2. The summed E-state index contributed by atoms with van der Waals surface area (Å²) in [5, 5.41) is 0. The number of nitrogens with two attached hydrogens (primary N) is 1. The van der Waals surface area contributed by atoms with Gasteiger partial charge in [0.15, 0.2) is 0 Å². The van der Waals surface area contributed by atoms with Crippen LogP contribution in [0.3, 0.4) is 0 Å². The van der Waals surface area contributed by atoms with Crippen LogP contribution in [0.5, 0.6) is 0 Å². The third kappa shape index (κ3) is 3.59. The minimum absolute atomic E-state index is 0.0492. The minimum atomic E-state index is 0.0492. The zero-order chi connectivity index (χ0) is 14.7. The Hall–Kier alpha value is -0.910. The molecule has 110 valence electrons. The molecule has 0 spiro atoms. The Morgan fingerprint density at radius 3 is 2.45 bits per heavy atom. The van der Waals surface area contributed by atoms with Gasteiger partial charge in [-0.2, -0.15) is 0 Å². The molecule has 2 N–H and O–H groups in total. The van der Waals surface area contributed by atoms with E-state index < -0.39 is 0 Å². The summed E-state index contributed by atoms with van der Waals surface area (Å²) < 4.78 is 1.07. The lowest BCUT2D eigenvalue weighted by atomic mass is 9.98. The number of benzene rings is 1. The van der Waals surface area contributed by atoms with Crippen LogP contribution >= 0.6 is 15.9 Å². The van der Waals surface area contributed by atoms with Gasteiger partial charge in [-0.25, -0.2) is 0 Å². The molecule has 1 saturated heterocycles. The first-order valence-corrected chi connectivity index (χ1v) is 7.79. The van der Waals surface area contributed by atoms with Gasteiger partial charge in [-0.3, -0.25) is 9.69 Å². The maximum Gasteiger partial charge on any atom is 0.219 e. The third-order valence-corrected chi connectivity index (χ3v) is 4.33. The van der Waals surface area contributed by atoms with E-state index in [1.807, 2.05) is 24.0 Å². The zero-order valence-electron chi connectivity index (χ0n) is 12.1. The van der Waals surface area contributed by atoms with E-state index in [-0.39, 0.29) is 18.0 Å². The molecular formula is C15H22BrN3O. The first kappa shape index (κ1) is 15.5. The summed E-state index contributed by atoms with van der Waals surface area (Å²) in [6.45, 7) is 6.99. The van der Waals surface area contributed by atoms with Crippen LogP contribution in [0, 0.1) is 0 Å². The summed E-state index contributed by atoms with van der Waals surface area (Å²) in [7, 11) is 0. The Balaban J connectivity index is 2.13. The predicted molar refractivity (Wildman–Crippen MR) is 84.4 cm³/mol. The van der Waals surface area contributed by atoms with Crippen molar-refractivity contribution in [2.24, 2.45) is 5.73 Å². The SMILES string of the molecule is CC(=O)N1CCN(C(c2cccc(Br)c2)C(C)N)CC1. The molecule has 0 aliphatic carbocycles. The smallest absolute Gasteiger partial charge is 0.219 e. The van der Waals surface area contributed by atoms with Crippen LogP contribution in [-0.2, 0) is 4.79 Å². The second-order valence-corrected chi connectivity index (χ2v) is 6.32. The van der Waals surface area contributed by atoms with Crippen molar-refractivity contribution in [1.82, 2.24) is 9.80 Å². The molecule has 2 rings (SSSR count). The zero-order valence-corrected chi connectivity index (χ0v) is 13.6. The summed E-state index contributed by atoms with van der Waals surface area (Å²) in [6.07, 6.45) is 0. The Bertz CT molecular complexity index is 470. The standard InChI is InChI=1S/C15H22BrN3O/c1-11(17)15(13-4-3-5-14(16)10-13)19-8-6-18(7-9-19)12(2)20/h3-5,10-11,15H,6-9,17H2,1-2H3. The molecule has 1 fully saturated rings. The fraction of sp³-hybridized carbons (Fsp3) is 0.533. The van der Waals surface area contributed by atoms with Gasteiger partial charge in [0.25, 0.3) is 0 Å². The van der Waals surface area contributed by atoms with Crippen LogP contribution in [0.4, 0.5) is 0 Å². The third-order valence-electron chi connectivity index (χ3n) is 3.84. The largest absolute Gasteiger partial charge is 0.340 e. The summed E-state index contributed by atoms with van der Waals surface area (Å²) in [5.74, 6) is 0.157. The molecule has 1 aromatic carbocycles. The van der Waals surface area contributed by atoms with Crippen molar-refractivity contribution in [2.45, 2.75) is 25.9 Å². The molecule has 5 heteroatoms. The number of piperazine rings is 1. The average Bonchev–Trinajstić information content (AvgIpc) is 2.39. The first-order valence-electron chi connectivity index (χ1n) is 6.99. The molecule has 2 atom stereocenters. The van der Waals surface area contributed by atoms with E-state index >= 15 is 0 Å². The fourth-order valence-electron chi connectivity index (χ4n) is 2.85. The Labute approximate surface area is 129 Å². The van der Waals surface area contributed by atoms with Gasteiger partial charge in [0.2, 0.25) is 5.91 Å². The lowest BCUT2D eigenvalue weighted by Gasteiger charge is -2.40. The molecule has 0 aromatic heterocycles. The summed E-state index contributed by atoms with van der Waals surface area (Å²) in [4.78, 5) is 15.7. The Morgan fingerprint density at radius 2 is 1.95 bits per heavy atom. The molecule has 1 amide bonds. The number of amides is 1. The topological polar surface area (TPSA) is 49.6 Å². The van der Waals surface area contributed by atoms with Crippen LogP contribution in [0.2, 0.25) is 0 Å². The summed E-state index contributed by atoms with van der Waals surface area (Å²) in [6, 6.07) is 8.56. The Morgan fingerprint density at radius 1 is 1.30 bits per heavy atom. The number of rotatable bonds is 3. The fourth-order valence-corrected chi connectivity index (χ4v) is 3.27. The van der Waals surface area contributed by atoms with Gasteiger partial charge in [0.05, 0.1) is 0 Å². The molecule has 0 bridgehead atoms. The van der Waals surface area contributed by atoms with Gasteiger partial charge in [-0.15, -0.1) is 0 Å². The van der Waals surface area contributed by atoms with Crippen LogP contribution in [0.1, 0.15) is 25.5 Å². The molecule has 1 aliphatic rings. The van der Waals surface area contributed by atoms with Crippen molar-refractivity contribution in [1.29, 1.82) is 0 Å². The maximum atomic E-state index is 11.4. The summed E-state index contributed by atoms with van der Waals surface area (Å²) in [5.41, 5.74) is 7.43. The number of halogens is 1. The molecule has 1 aliphatic heterocycles. The second kappa shape index (κ2) is 6.70. The molecule has 0 radical (unpaired) electrons. The normalized spacial score (nSPS) is 19.7. The lowest BCUT2D eigenvalue weighted by Crippen LogP contribution is -2.51. The molecule has 0 saturated carbocycles. The second-order valence-electron chi connectivity index (χ2n) is 5.40. The van der Waals surface area contributed by atoms with E-state index in [1.165, 1.54) is 5.56 Å². The highest BCUT2D eigenvalue weighted by atomic mass is 79.9. The van der Waals surface area contributed by atoms with Crippen LogP contribution in [0.25, 0.3) is 0 Å². The first-order chi connectivity index (χ1) is 9.49. The van der Waals surface area contributed by atoms with Crippen molar-refractivity contribution < 1.29 is 4.79 Å². The molecular weight excluding hydrogens is 318 g/mol. The predicted octanol–water partition coefficient (Wildman–Crippen LogP) is 2.00. The number of hydrogen-bond acceptors (Lipinski definition) is 3. The average molecular weight is 340 g/mol. The van der Waals surface area contributed by atoms with E-state index in [1.54, 1.807) is 6.92 Å². The van der Waals surface area contributed by atoms with Gasteiger partial charge >= 0.3 is 0 Å². The number of carbonyl (C=O) groups excluding carboxylic acids is 1. The van der Waals surface area contributed by atoms with E-state index in [2.05, 4.69) is 33.0 Å². The Kier molecular flexibility index (Phi) is 5.18. The van der Waals surface area contributed by atoms with E-state index in [9.17, 15) is 4.79 Å². The van der Waals surface area contributed by atoms with Crippen molar-refractivity contribution >= 4 is 21.8 Å². The van der Waals surface area contributed by atoms with Crippen molar-refractivity contribution in [3.8, 4) is 0 Å². The van der Waals surface area contributed by atoms with Crippen LogP contribution in [0.15, 0.2) is 28.7 Å².